The summed E-state index contributed by atoms with van der Waals surface area (Å²) in [7, 11) is 2.10. The maximum Gasteiger partial charge on any atom is 0.0521 e. The van der Waals surface area contributed by atoms with Gasteiger partial charge < -0.3 is 4.57 Å². The van der Waals surface area contributed by atoms with Crippen molar-refractivity contribution in [1.29, 1.82) is 0 Å². The van der Waals surface area contributed by atoms with Crippen LogP contribution in [0.4, 0.5) is 0 Å². The fourth-order valence-electron chi connectivity index (χ4n) is 2.60. The van der Waals surface area contributed by atoms with Crippen molar-refractivity contribution in [3.63, 3.8) is 0 Å². The largest absolute Gasteiger partial charge is 0.348 e. The maximum absolute atomic E-state index is 6.56. The molecule has 2 aromatic carbocycles. The average molecular weight is 270 g/mol. The van der Waals surface area contributed by atoms with Crippen LogP contribution in [-0.2, 0) is 7.05 Å². The minimum atomic E-state index is 0.851. The first-order chi connectivity index (χ1) is 9.09. The summed E-state index contributed by atoms with van der Waals surface area (Å²) in [4.78, 5) is 0. The number of benzene rings is 2. The summed E-state index contributed by atoms with van der Waals surface area (Å²) in [5.41, 5.74) is 5.91. The summed E-state index contributed by atoms with van der Waals surface area (Å²) < 4.78 is 2.21. The van der Waals surface area contributed by atoms with Gasteiger partial charge >= 0.3 is 0 Å². The lowest BCUT2D eigenvalue weighted by molar-refractivity contribution is 0.917. The second-order valence-electron chi connectivity index (χ2n) is 5.03. The van der Waals surface area contributed by atoms with Gasteiger partial charge in [0.1, 0.15) is 0 Å². The Kier molecular flexibility index (Phi) is 2.87. The molecular weight excluding hydrogens is 254 g/mol. The van der Waals surface area contributed by atoms with Crippen molar-refractivity contribution in [1.82, 2.24) is 4.57 Å². The fraction of sp³-hybridized carbons (Fsp3) is 0.176. The van der Waals surface area contributed by atoms with Crippen LogP contribution in [0.1, 0.15) is 11.3 Å². The molecule has 0 aliphatic carbocycles. The van der Waals surface area contributed by atoms with Gasteiger partial charge in [-0.2, -0.15) is 0 Å². The second-order valence-corrected chi connectivity index (χ2v) is 5.40. The molecule has 0 fully saturated rings. The molecule has 19 heavy (non-hydrogen) atoms. The van der Waals surface area contributed by atoms with Gasteiger partial charge in [-0.15, -0.1) is 0 Å². The third-order valence-electron chi connectivity index (χ3n) is 3.77. The van der Waals surface area contributed by atoms with E-state index in [0.717, 1.165) is 16.1 Å². The van der Waals surface area contributed by atoms with Crippen LogP contribution in [-0.4, -0.2) is 4.57 Å². The van der Waals surface area contributed by atoms with E-state index in [-0.39, 0.29) is 0 Å². The zero-order chi connectivity index (χ0) is 13.6. The molecule has 0 atom stereocenters. The monoisotopic (exact) mass is 269 g/mol. The summed E-state index contributed by atoms with van der Waals surface area (Å²) >= 11 is 6.56. The van der Waals surface area contributed by atoms with Gasteiger partial charge in [0.05, 0.1) is 5.02 Å². The van der Waals surface area contributed by atoms with E-state index in [1.54, 1.807) is 0 Å². The number of rotatable bonds is 1. The number of aryl methyl sites for hydroxylation is 3. The molecule has 96 valence electrons. The van der Waals surface area contributed by atoms with E-state index in [9.17, 15) is 0 Å². The number of aromatic nitrogens is 1. The Morgan fingerprint density at radius 3 is 2.37 bits per heavy atom. The third-order valence-corrected chi connectivity index (χ3v) is 4.26. The summed E-state index contributed by atoms with van der Waals surface area (Å²) in [6.07, 6.45) is 0. The van der Waals surface area contributed by atoms with Gasteiger partial charge in [-0.25, -0.2) is 0 Å². The zero-order valence-corrected chi connectivity index (χ0v) is 12.1. The predicted molar refractivity (Wildman–Crippen MR) is 82.8 cm³/mol. The van der Waals surface area contributed by atoms with Gasteiger partial charge in [0, 0.05) is 29.2 Å². The lowest BCUT2D eigenvalue weighted by atomic mass is 9.99. The van der Waals surface area contributed by atoms with Crippen molar-refractivity contribution < 1.29 is 0 Å². The molecule has 0 spiro atoms. The maximum atomic E-state index is 6.56. The van der Waals surface area contributed by atoms with Gasteiger partial charge in [-0.3, -0.25) is 0 Å². The van der Waals surface area contributed by atoms with Crippen LogP contribution >= 0.6 is 11.6 Å². The molecule has 3 aromatic rings. The van der Waals surface area contributed by atoms with Gasteiger partial charge in [0.2, 0.25) is 0 Å². The average Bonchev–Trinajstić information content (AvgIpc) is 2.68. The van der Waals surface area contributed by atoms with Crippen LogP contribution in [0.25, 0.3) is 22.0 Å². The van der Waals surface area contributed by atoms with Crippen LogP contribution in [0.15, 0.2) is 42.5 Å². The Bertz CT molecular complexity index is 754. The quantitative estimate of drug-likeness (QED) is 0.578. The first-order valence-electron chi connectivity index (χ1n) is 6.40. The van der Waals surface area contributed by atoms with E-state index in [1.807, 2.05) is 6.07 Å². The normalized spacial score (nSPS) is 11.2. The van der Waals surface area contributed by atoms with E-state index in [0.29, 0.717) is 0 Å². The Balaban J connectivity index is 2.46. The number of halogens is 1. The molecule has 3 rings (SSSR count). The lowest BCUT2D eigenvalue weighted by Gasteiger charge is -2.10. The molecule has 0 bridgehead atoms. The van der Waals surface area contributed by atoms with Crippen molar-refractivity contribution >= 4 is 22.5 Å². The molecule has 2 heteroatoms. The number of hydrogen-bond acceptors (Lipinski definition) is 0. The van der Waals surface area contributed by atoms with Crippen molar-refractivity contribution in [2.24, 2.45) is 7.05 Å². The minimum absolute atomic E-state index is 0.851. The van der Waals surface area contributed by atoms with Crippen LogP contribution in [0.5, 0.6) is 0 Å². The Morgan fingerprint density at radius 2 is 1.68 bits per heavy atom. The van der Waals surface area contributed by atoms with Crippen molar-refractivity contribution in [2.45, 2.75) is 13.8 Å². The van der Waals surface area contributed by atoms with Gasteiger partial charge in [-0.1, -0.05) is 41.9 Å². The Labute approximate surface area is 118 Å². The van der Waals surface area contributed by atoms with E-state index in [1.165, 1.54) is 22.2 Å². The number of fused-ring (bicyclic) bond motifs is 1. The molecule has 0 unspecified atom stereocenters. The van der Waals surface area contributed by atoms with Crippen molar-refractivity contribution in [3.05, 3.63) is 58.7 Å². The Hall–Kier alpha value is -1.73. The van der Waals surface area contributed by atoms with Gasteiger partial charge in [0.25, 0.3) is 0 Å². The highest BCUT2D eigenvalue weighted by molar-refractivity contribution is 6.35. The molecule has 0 saturated heterocycles. The standard InChI is InChI=1S/C17H16ClN/c1-11-9-15-14(10-12(2)19(15)3)16(17(11)18)13-7-5-4-6-8-13/h4-10H,1-3H3. The molecule has 1 aromatic heterocycles. The highest BCUT2D eigenvalue weighted by atomic mass is 35.5. The summed E-state index contributed by atoms with van der Waals surface area (Å²) in [5, 5.41) is 2.08. The van der Waals surface area contributed by atoms with Crippen LogP contribution < -0.4 is 0 Å². The van der Waals surface area contributed by atoms with E-state index in [2.05, 4.69) is 61.9 Å². The lowest BCUT2D eigenvalue weighted by Crippen LogP contribution is -1.91. The van der Waals surface area contributed by atoms with Crippen LogP contribution in [0.2, 0.25) is 5.02 Å². The van der Waals surface area contributed by atoms with E-state index < -0.39 is 0 Å². The summed E-state index contributed by atoms with van der Waals surface area (Å²) in [5.74, 6) is 0. The highest BCUT2D eigenvalue weighted by Crippen LogP contribution is 2.38. The van der Waals surface area contributed by atoms with Crippen molar-refractivity contribution in [2.75, 3.05) is 0 Å². The Morgan fingerprint density at radius 1 is 1.00 bits per heavy atom. The van der Waals surface area contributed by atoms with E-state index >= 15 is 0 Å². The summed E-state index contributed by atoms with van der Waals surface area (Å²) in [6.45, 7) is 4.19. The second kappa shape index (κ2) is 4.43. The van der Waals surface area contributed by atoms with Crippen LogP contribution in [0, 0.1) is 13.8 Å². The number of nitrogens with zero attached hydrogens (tertiary/aromatic N) is 1. The molecule has 1 heterocycles. The zero-order valence-electron chi connectivity index (χ0n) is 11.4. The molecule has 0 radical (unpaired) electrons. The van der Waals surface area contributed by atoms with Crippen LogP contribution in [0.3, 0.4) is 0 Å². The summed E-state index contributed by atoms with van der Waals surface area (Å²) in [6, 6.07) is 14.7. The molecule has 0 aliphatic heterocycles. The molecule has 0 amide bonds. The smallest absolute Gasteiger partial charge is 0.0521 e. The first-order valence-corrected chi connectivity index (χ1v) is 6.78. The molecule has 0 aliphatic rings. The van der Waals surface area contributed by atoms with E-state index in [4.69, 9.17) is 11.6 Å². The number of hydrogen-bond donors (Lipinski definition) is 0. The third kappa shape index (κ3) is 1.85. The predicted octanol–water partition coefficient (Wildman–Crippen LogP) is 5.12. The molecule has 0 saturated carbocycles. The first kappa shape index (κ1) is 12.3. The molecule has 0 N–H and O–H groups in total. The minimum Gasteiger partial charge on any atom is -0.348 e. The fourth-order valence-corrected chi connectivity index (χ4v) is 2.86. The highest BCUT2D eigenvalue weighted by Gasteiger charge is 2.14. The molecular formula is C17H16ClN. The van der Waals surface area contributed by atoms with Crippen molar-refractivity contribution in [3.8, 4) is 11.1 Å². The SMILES string of the molecule is Cc1cc2c(cc(C)n2C)c(-c2ccccc2)c1Cl. The molecule has 1 nitrogen and oxygen atoms in total. The van der Waals surface area contributed by atoms with Gasteiger partial charge in [0.15, 0.2) is 0 Å². The van der Waals surface area contributed by atoms with Gasteiger partial charge in [-0.05, 0) is 37.1 Å². The topological polar surface area (TPSA) is 4.93 Å².